The third kappa shape index (κ3) is 44.1. The molecule has 2 unspecified atom stereocenters. The van der Waals surface area contributed by atoms with Gasteiger partial charge in [-0.1, -0.05) is 221 Å². The number of nitrogens with one attached hydrogen (secondary N) is 1. The van der Waals surface area contributed by atoms with Crippen LogP contribution in [-0.2, 0) is 23.8 Å². The minimum atomic E-state index is -0.300. The molecule has 0 aliphatic carbocycles. The molecule has 0 saturated heterocycles. The summed E-state index contributed by atoms with van der Waals surface area (Å²) in [5.41, 5.74) is 0. The van der Waals surface area contributed by atoms with Crippen LogP contribution in [0.2, 0.25) is 0 Å². The van der Waals surface area contributed by atoms with E-state index in [9.17, 15) is 14.4 Å². The van der Waals surface area contributed by atoms with Crippen molar-refractivity contribution in [3.05, 3.63) is 0 Å². The fourth-order valence-electron chi connectivity index (χ4n) is 9.48. The van der Waals surface area contributed by atoms with E-state index in [0.29, 0.717) is 26.4 Å². The van der Waals surface area contributed by atoms with Crippen molar-refractivity contribution < 1.29 is 28.6 Å². The Hall–Kier alpha value is -1.87. The SMILES string of the molecule is CCCCCCCCC(CCCCCC)C(=O)OCCCCCCCCN(CCCCCCCCOC(=O)C(CCCCCC)CCCCCCCC)CCCOC(=O)NCCCN(CC)CC. The van der Waals surface area contributed by atoms with E-state index in [2.05, 4.69) is 56.7 Å². The van der Waals surface area contributed by atoms with Gasteiger partial charge in [-0.3, -0.25) is 9.59 Å². The maximum Gasteiger partial charge on any atom is 0.407 e. The number of unbranched alkanes of at least 4 members (excludes halogenated alkanes) is 26. The van der Waals surface area contributed by atoms with Gasteiger partial charge in [0, 0.05) is 13.1 Å². The highest BCUT2D eigenvalue weighted by molar-refractivity contribution is 5.72. The van der Waals surface area contributed by atoms with Crippen LogP contribution in [0, 0.1) is 11.8 Å². The van der Waals surface area contributed by atoms with Crippen molar-refractivity contribution in [2.75, 3.05) is 65.6 Å². The van der Waals surface area contributed by atoms with Gasteiger partial charge in [-0.2, -0.15) is 0 Å². The Balaban J connectivity index is 4.66. The zero-order valence-electron chi connectivity index (χ0n) is 46.4. The Kier molecular flexibility index (Phi) is 51.5. The van der Waals surface area contributed by atoms with E-state index in [1.54, 1.807) is 0 Å². The van der Waals surface area contributed by atoms with Crippen LogP contribution in [0.15, 0.2) is 0 Å². The van der Waals surface area contributed by atoms with Crippen molar-refractivity contribution >= 4 is 18.0 Å². The second-order valence-corrected chi connectivity index (χ2v) is 20.4. The molecule has 0 saturated carbocycles. The van der Waals surface area contributed by atoms with Crippen molar-refractivity contribution in [2.45, 2.75) is 286 Å². The summed E-state index contributed by atoms with van der Waals surface area (Å²) in [6.07, 6.45) is 44.1. The zero-order chi connectivity index (χ0) is 49.8. The number of nitrogens with zero attached hydrogens (tertiary/aromatic N) is 2. The van der Waals surface area contributed by atoms with Gasteiger partial charge in [-0.15, -0.1) is 0 Å². The van der Waals surface area contributed by atoms with Gasteiger partial charge in [0.2, 0.25) is 0 Å². The van der Waals surface area contributed by atoms with Gasteiger partial charge in [-0.05, 0) is 96.9 Å². The molecule has 0 aromatic heterocycles. The van der Waals surface area contributed by atoms with E-state index in [0.717, 1.165) is 129 Å². The lowest BCUT2D eigenvalue weighted by molar-refractivity contribution is -0.150. The van der Waals surface area contributed by atoms with E-state index in [1.807, 2.05) is 0 Å². The quantitative estimate of drug-likeness (QED) is 0.0366. The number of hydrogen-bond acceptors (Lipinski definition) is 8. The minimum Gasteiger partial charge on any atom is -0.465 e. The average molecular weight is 965 g/mol. The fourth-order valence-corrected chi connectivity index (χ4v) is 9.48. The predicted octanol–water partition coefficient (Wildman–Crippen LogP) is 16.6. The summed E-state index contributed by atoms with van der Waals surface area (Å²) < 4.78 is 17.3. The van der Waals surface area contributed by atoms with Gasteiger partial charge >= 0.3 is 18.0 Å². The van der Waals surface area contributed by atoms with E-state index < -0.39 is 0 Å². The van der Waals surface area contributed by atoms with Gasteiger partial charge in [0.1, 0.15) is 0 Å². The molecule has 0 aliphatic rings. The second-order valence-electron chi connectivity index (χ2n) is 20.4. The molecule has 0 bridgehead atoms. The smallest absolute Gasteiger partial charge is 0.407 e. The predicted molar refractivity (Wildman–Crippen MR) is 291 cm³/mol. The van der Waals surface area contributed by atoms with Gasteiger partial charge in [0.25, 0.3) is 0 Å². The van der Waals surface area contributed by atoms with Gasteiger partial charge in [-0.25, -0.2) is 4.79 Å². The average Bonchev–Trinajstić information content (AvgIpc) is 3.34. The van der Waals surface area contributed by atoms with Crippen molar-refractivity contribution in [3.8, 4) is 0 Å². The molecule has 0 heterocycles. The molecule has 0 aromatic carbocycles. The normalized spacial score (nSPS) is 12.5. The molecule has 0 aromatic rings. The summed E-state index contributed by atoms with van der Waals surface area (Å²) in [5, 5.41) is 2.93. The third-order valence-corrected chi connectivity index (χ3v) is 14.2. The summed E-state index contributed by atoms with van der Waals surface area (Å²) in [4.78, 5) is 43.4. The van der Waals surface area contributed by atoms with Crippen LogP contribution < -0.4 is 5.32 Å². The largest absolute Gasteiger partial charge is 0.465 e. The molecule has 1 amide bonds. The first-order valence-electron chi connectivity index (χ1n) is 30.0. The molecule has 0 radical (unpaired) electrons. The topological polar surface area (TPSA) is 97.4 Å². The number of rotatable bonds is 54. The van der Waals surface area contributed by atoms with Gasteiger partial charge in [0.05, 0.1) is 31.7 Å². The molecule has 68 heavy (non-hydrogen) atoms. The van der Waals surface area contributed by atoms with Gasteiger partial charge < -0.3 is 29.3 Å². The van der Waals surface area contributed by atoms with Crippen LogP contribution in [0.25, 0.3) is 0 Å². The van der Waals surface area contributed by atoms with Crippen molar-refractivity contribution in [1.82, 2.24) is 15.1 Å². The highest BCUT2D eigenvalue weighted by Crippen LogP contribution is 2.23. The molecular weight excluding hydrogens is 847 g/mol. The summed E-state index contributed by atoms with van der Waals surface area (Å²) in [7, 11) is 0. The molecule has 1 N–H and O–H groups in total. The molecule has 9 nitrogen and oxygen atoms in total. The van der Waals surface area contributed by atoms with Crippen molar-refractivity contribution in [3.63, 3.8) is 0 Å². The van der Waals surface area contributed by atoms with E-state index in [1.165, 1.54) is 154 Å². The Morgan fingerprint density at radius 3 is 1.04 bits per heavy atom. The minimum absolute atomic E-state index is 0.0558. The van der Waals surface area contributed by atoms with E-state index in [-0.39, 0.29) is 29.9 Å². The lowest BCUT2D eigenvalue weighted by Crippen LogP contribution is -2.31. The first kappa shape index (κ1) is 66.1. The highest BCUT2D eigenvalue weighted by Gasteiger charge is 2.20. The Morgan fingerprint density at radius 1 is 0.338 bits per heavy atom. The number of amides is 1. The summed E-state index contributed by atoms with van der Waals surface area (Å²) in [6, 6.07) is 0. The number of carbonyl (C=O) groups excluding carboxylic acids is 3. The van der Waals surface area contributed by atoms with Crippen LogP contribution in [-0.4, -0.2) is 93.5 Å². The van der Waals surface area contributed by atoms with Crippen LogP contribution in [0.5, 0.6) is 0 Å². The molecule has 0 aliphatic heterocycles. The molecule has 0 fully saturated rings. The molecular formula is C59H117N3O6. The number of alkyl carbamates (subject to hydrolysis) is 1. The fraction of sp³-hybridized carbons (Fsp3) is 0.949. The van der Waals surface area contributed by atoms with Crippen LogP contribution >= 0.6 is 0 Å². The van der Waals surface area contributed by atoms with Crippen molar-refractivity contribution in [1.29, 1.82) is 0 Å². The molecule has 2 atom stereocenters. The maximum atomic E-state index is 13.1. The molecule has 0 rings (SSSR count). The van der Waals surface area contributed by atoms with E-state index >= 15 is 0 Å². The monoisotopic (exact) mass is 964 g/mol. The Labute approximate surface area is 423 Å². The molecule has 9 heteroatoms. The summed E-state index contributed by atoms with van der Waals surface area (Å²) in [5.74, 6) is 0.283. The molecule has 404 valence electrons. The Bertz CT molecular complexity index is 1010. The summed E-state index contributed by atoms with van der Waals surface area (Å²) in [6.45, 7) is 21.7. The number of esters is 2. The van der Waals surface area contributed by atoms with Crippen molar-refractivity contribution in [2.24, 2.45) is 11.8 Å². The zero-order valence-corrected chi connectivity index (χ0v) is 46.4. The first-order valence-corrected chi connectivity index (χ1v) is 30.0. The lowest BCUT2D eigenvalue weighted by atomic mass is 9.94. The lowest BCUT2D eigenvalue weighted by Gasteiger charge is -2.22. The Morgan fingerprint density at radius 2 is 0.647 bits per heavy atom. The standard InChI is InChI=1S/C59H117N3O6/c1-7-13-17-21-27-35-45-55(43-33-19-15-9-3)57(63)66-52-39-31-25-23-29-37-48-62(51-42-54-68-59(65)60-47-41-50-61(11-5)12-6)49-38-30-24-26-32-40-53-67-58(64)56(44-34-20-16-10-4)46-36-28-22-18-14-8-2/h55-56H,7-54H2,1-6H3,(H,60,65). The first-order chi connectivity index (χ1) is 33.4. The third-order valence-electron chi connectivity index (χ3n) is 14.2. The van der Waals surface area contributed by atoms with Gasteiger partial charge in [0.15, 0.2) is 0 Å². The number of carbonyl (C=O) groups is 3. The number of hydrogen-bond donors (Lipinski definition) is 1. The molecule has 0 spiro atoms. The van der Waals surface area contributed by atoms with Crippen LogP contribution in [0.1, 0.15) is 286 Å². The highest BCUT2D eigenvalue weighted by atomic mass is 16.5. The van der Waals surface area contributed by atoms with E-state index in [4.69, 9.17) is 14.2 Å². The van der Waals surface area contributed by atoms with Crippen LogP contribution in [0.3, 0.4) is 0 Å². The maximum absolute atomic E-state index is 13.1. The number of ether oxygens (including phenoxy) is 3. The van der Waals surface area contributed by atoms with Crippen LogP contribution in [0.4, 0.5) is 4.79 Å². The second kappa shape index (κ2) is 52.9. The summed E-state index contributed by atoms with van der Waals surface area (Å²) >= 11 is 0.